The van der Waals surface area contributed by atoms with Crippen molar-refractivity contribution in [3.05, 3.63) is 46.8 Å². The molecule has 6 heteroatoms. The molecule has 0 bridgehead atoms. The third-order valence-corrected chi connectivity index (χ3v) is 3.70. The van der Waals surface area contributed by atoms with Gasteiger partial charge in [-0.25, -0.2) is 4.79 Å². The summed E-state index contributed by atoms with van der Waals surface area (Å²) in [5.74, 6) is 1.36. The highest BCUT2D eigenvalue weighted by molar-refractivity contribution is 5.83. The second kappa shape index (κ2) is 6.16. The first-order chi connectivity index (χ1) is 11.6. The fourth-order valence-electron chi connectivity index (χ4n) is 2.54. The quantitative estimate of drug-likeness (QED) is 0.741. The smallest absolute Gasteiger partial charge is 0.344 e. The molecule has 0 aliphatic carbocycles. The van der Waals surface area contributed by atoms with Crippen molar-refractivity contribution in [3.8, 4) is 34.1 Å². The van der Waals surface area contributed by atoms with Crippen LogP contribution in [0, 0.1) is 0 Å². The van der Waals surface area contributed by atoms with Gasteiger partial charge in [-0.05, 0) is 35.9 Å². The van der Waals surface area contributed by atoms with E-state index in [1.54, 1.807) is 24.3 Å². The molecule has 0 unspecified atom stereocenters. The molecule has 6 nitrogen and oxygen atoms in total. The minimum absolute atomic E-state index is 0.0335. The molecule has 0 aliphatic rings. The fourth-order valence-corrected chi connectivity index (χ4v) is 2.54. The highest BCUT2D eigenvalue weighted by Crippen LogP contribution is 2.40. The highest BCUT2D eigenvalue weighted by atomic mass is 16.5. The maximum absolute atomic E-state index is 12.3. The van der Waals surface area contributed by atoms with Crippen LogP contribution in [0.25, 0.3) is 22.1 Å². The van der Waals surface area contributed by atoms with Crippen molar-refractivity contribution in [1.82, 2.24) is 0 Å². The molecule has 3 aromatic rings. The molecule has 0 saturated heterocycles. The van der Waals surface area contributed by atoms with Crippen molar-refractivity contribution < 1.29 is 23.7 Å². The number of benzene rings is 2. The number of aromatic hydroxyl groups is 1. The van der Waals surface area contributed by atoms with Gasteiger partial charge in [-0.15, -0.1) is 0 Å². The molecule has 1 aromatic heterocycles. The Morgan fingerprint density at radius 1 is 0.917 bits per heavy atom. The number of fused-ring (bicyclic) bond motifs is 1. The summed E-state index contributed by atoms with van der Waals surface area (Å²) in [5, 5.41) is 10.2. The van der Waals surface area contributed by atoms with Crippen molar-refractivity contribution in [2.24, 2.45) is 0 Å². The Hall–Kier alpha value is -3.15. The molecular formula is C18H16O6. The third kappa shape index (κ3) is 2.62. The van der Waals surface area contributed by atoms with Gasteiger partial charge < -0.3 is 23.7 Å². The van der Waals surface area contributed by atoms with Crippen LogP contribution in [-0.4, -0.2) is 26.4 Å². The Labute approximate surface area is 137 Å². The molecule has 3 rings (SSSR count). The summed E-state index contributed by atoms with van der Waals surface area (Å²) < 4.78 is 21.2. The predicted octanol–water partition coefficient (Wildman–Crippen LogP) is 3.19. The summed E-state index contributed by atoms with van der Waals surface area (Å²) in [6, 6.07) is 9.66. The Balaban J connectivity index is 2.25. The van der Waals surface area contributed by atoms with Crippen molar-refractivity contribution in [2.45, 2.75) is 0 Å². The average Bonchev–Trinajstić information content (AvgIpc) is 2.59. The third-order valence-electron chi connectivity index (χ3n) is 3.70. The number of phenols is 1. The second-order valence-electron chi connectivity index (χ2n) is 5.08. The molecule has 0 amide bonds. The maximum Gasteiger partial charge on any atom is 0.344 e. The summed E-state index contributed by atoms with van der Waals surface area (Å²) in [6.07, 6.45) is 0. The van der Waals surface area contributed by atoms with Crippen molar-refractivity contribution in [2.75, 3.05) is 21.3 Å². The molecule has 0 atom stereocenters. The molecule has 0 spiro atoms. The molecule has 0 saturated carbocycles. The SMILES string of the molecule is COc1cc(-c2cc3ccc(O)cc3oc2=O)cc(OC)c1OC. The number of rotatable bonds is 4. The zero-order valence-electron chi connectivity index (χ0n) is 13.5. The average molecular weight is 328 g/mol. The fraction of sp³-hybridized carbons (Fsp3) is 0.167. The van der Waals surface area contributed by atoms with Crippen molar-refractivity contribution in [1.29, 1.82) is 0 Å². The van der Waals surface area contributed by atoms with E-state index in [4.69, 9.17) is 18.6 Å². The summed E-state index contributed by atoms with van der Waals surface area (Å²) in [6.45, 7) is 0. The van der Waals surface area contributed by atoms with E-state index in [-0.39, 0.29) is 5.75 Å². The number of hydrogen-bond donors (Lipinski definition) is 1. The normalized spacial score (nSPS) is 10.6. The summed E-state index contributed by atoms with van der Waals surface area (Å²) >= 11 is 0. The van der Waals surface area contributed by atoms with Gasteiger partial charge in [0.15, 0.2) is 11.5 Å². The van der Waals surface area contributed by atoms with E-state index in [9.17, 15) is 9.90 Å². The van der Waals surface area contributed by atoms with Crippen LogP contribution in [0.4, 0.5) is 0 Å². The zero-order chi connectivity index (χ0) is 17.3. The van der Waals surface area contributed by atoms with E-state index < -0.39 is 5.63 Å². The Bertz CT molecular complexity index is 932. The van der Waals surface area contributed by atoms with Gasteiger partial charge >= 0.3 is 5.63 Å². The van der Waals surface area contributed by atoms with Crippen molar-refractivity contribution >= 4 is 11.0 Å². The molecule has 0 aliphatic heterocycles. The largest absolute Gasteiger partial charge is 0.508 e. The van der Waals surface area contributed by atoms with Gasteiger partial charge in [0.05, 0.1) is 26.9 Å². The van der Waals surface area contributed by atoms with Gasteiger partial charge in [0.1, 0.15) is 11.3 Å². The van der Waals surface area contributed by atoms with Crippen LogP contribution in [0.3, 0.4) is 0 Å². The lowest BCUT2D eigenvalue weighted by Crippen LogP contribution is -2.04. The molecule has 124 valence electrons. The molecule has 24 heavy (non-hydrogen) atoms. The van der Waals surface area contributed by atoms with Crippen LogP contribution in [-0.2, 0) is 0 Å². The monoisotopic (exact) mass is 328 g/mol. The zero-order valence-corrected chi connectivity index (χ0v) is 13.5. The van der Waals surface area contributed by atoms with E-state index in [1.165, 1.54) is 33.5 Å². The second-order valence-corrected chi connectivity index (χ2v) is 5.08. The van der Waals surface area contributed by atoms with Crippen LogP contribution in [0.1, 0.15) is 0 Å². The minimum Gasteiger partial charge on any atom is -0.508 e. The number of ether oxygens (including phenoxy) is 3. The van der Waals surface area contributed by atoms with Crippen LogP contribution in [0.2, 0.25) is 0 Å². The van der Waals surface area contributed by atoms with Crippen LogP contribution < -0.4 is 19.8 Å². The summed E-state index contributed by atoms with van der Waals surface area (Å²) in [5.41, 5.74) is 0.722. The van der Waals surface area contributed by atoms with Crippen LogP contribution in [0.5, 0.6) is 23.0 Å². The Morgan fingerprint density at radius 3 is 2.17 bits per heavy atom. The van der Waals surface area contributed by atoms with E-state index >= 15 is 0 Å². The molecular weight excluding hydrogens is 312 g/mol. The molecule has 0 fully saturated rings. The minimum atomic E-state index is -0.526. The van der Waals surface area contributed by atoms with Gasteiger partial charge in [0, 0.05) is 11.5 Å². The number of hydrogen-bond acceptors (Lipinski definition) is 6. The van der Waals surface area contributed by atoms with Gasteiger partial charge in [0.2, 0.25) is 5.75 Å². The van der Waals surface area contributed by atoms with Gasteiger partial charge in [-0.2, -0.15) is 0 Å². The van der Waals surface area contributed by atoms with Crippen LogP contribution >= 0.6 is 0 Å². The van der Waals surface area contributed by atoms with Gasteiger partial charge in [-0.1, -0.05) is 0 Å². The lowest BCUT2D eigenvalue weighted by Gasteiger charge is -2.14. The number of phenolic OH excluding ortho intramolecular Hbond substituents is 1. The molecule has 1 N–H and O–H groups in total. The lowest BCUT2D eigenvalue weighted by atomic mass is 10.0. The summed E-state index contributed by atoms with van der Waals surface area (Å²) in [7, 11) is 4.52. The summed E-state index contributed by atoms with van der Waals surface area (Å²) in [4.78, 5) is 12.3. The predicted molar refractivity (Wildman–Crippen MR) is 89.2 cm³/mol. The topological polar surface area (TPSA) is 78.1 Å². The first kappa shape index (κ1) is 15.7. The van der Waals surface area contributed by atoms with E-state index in [0.717, 1.165) is 0 Å². The van der Waals surface area contributed by atoms with Crippen molar-refractivity contribution in [3.63, 3.8) is 0 Å². The van der Waals surface area contributed by atoms with Gasteiger partial charge in [0.25, 0.3) is 0 Å². The molecule has 0 radical (unpaired) electrons. The molecule has 1 heterocycles. The maximum atomic E-state index is 12.3. The van der Waals surface area contributed by atoms with E-state index in [2.05, 4.69) is 0 Å². The first-order valence-corrected chi connectivity index (χ1v) is 7.14. The molecule has 2 aromatic carbocycles. The first-order valence-electron chi connectivity index (χ1n) is 7.14. The van der Waals surface area contributed by atoms with E-state index in [0.29, 0.717) is 39.3 Å². The highest BCUT2D eigenvalue weighted by Gasteiger charge is 2.17. The van der Waals surface area contributed by atoms with E-state index in [1.807, 2.05) is 0 Å². The standard InChI is InChI=1S/C18H16O6/c1-21-15-7-11(8-16(22-2)17(15)23-3)13-6-10-4-5-12(19)9-14(10)24-18(13)20/h4-9,19H,1-3H3. The number of methoxy groups -OCH3 is 3. The van der Waals surface area contributed by atoms with Crippen LogP contribution in [0.15, 0.2) is 45.6 Å². The Morgan fingerprint density at radius 2 is 1.58 bits per heavy atom. The lowest BCUT2D eigenvalue weighted by molar-refractivity contribution is 0.324. The van der Waals surface area contributed by atoms with Gasteiger partial charge in [-0.3, -0.25) is 0 Å². The Kier molecular flexibility index (Phi) is 4.04.